The fourth-order valence-corrected chi connectivity index (χ4v) is 1.42. The first-order chi connectivity index (χ1) is 6.95. The lowest BCUT2D eigenvalue weighted by Crippen LogP contribution is -2.04. The molecule has 0 spiro atoms. The van der Waals surface area contributed by atoms with Gasteiger partial charge in [-0.2, -0.15) is 0 Å². The summed E-state index contributed by atoms with van der Waals surface area (Å²) in [6.07, 6.45) is 2.99. The summed E-state index contributed by atoms with van der Waals surface area (Å²) in [7, 11) is 0. The Kier molecular flexibility index (Phi) is 2.86. The molecule has 1 aromatic heterocycles. The summed E-state index contributed by atoms with van der Waals surface area (Å²) in [5.74, 6) is 0. The van der Waals surface area contributed by atoms with E-state index < -0.39 is 0 Å². The third kappa shape index (κ3) is 2.39. The molecule has 0 atom stereocenters. The van der Waals surface area contributed by atoms with Gasteiger partial charge in [0.25, 0.3) is 0 Å². The summed E-state index contributed by atoms with van der Waals surface area (Å²) in [6.45, 7) is 0.963. The SMILES string of the molecule is c1ccc(NCCc2ccc[nH]2)cc1. The van der Waals surface area contributed by atoms with Crippen LogP contribution in [-0.4, -0.2) is 11.5 Å². The molecule has 2 nitrogen and oxygen atoms in total. The predicted octanol–water partition coefficient (Wildman–Crippen LogP) is 2.67. The van der Waals surface area contributed by atoms with E-state index in [1.54, 1.807) is 0 Å². The number of hydrogen-bond donors (Lipinski definition) is 2. The zero-order chi connectivity index (χ0) is 9.64. The van der Waals surface area contributed by atoms with Gasteiger partial charge >= 0.3 is 0 Å². The number of nitrogens with one attached hydrogen (secondary N) is 2. The van der Waals surface area contributed by atoms with Crippen LogP contribution in [0.1, 0.15) is 5.69 Å². The van der Waals surface area contributed by atoms with Crippen LogP contribution in [0, 0.1) is 0 Å². The lowest BCUT2D eigenvalue weighted by molar-refractivity contribution is 0.977. The fraction of sp³-hybridized carbons (Fsp3) is 0.167. The van der Waals surface area contributed by atoms with Crippen LogP contribution in [0.15, 0.2) is 48.7 Å². The van der Waals surface area contributed by atoms with Crippen molar-refractivity contribution in [1.82, 2.24) is 4.98 Å². The molecule has 1 heterocycles. The molecular formula is C12H14N2. The van der Waals surface area contributed by atoms with Gasteiger partial charge in [-0.25, -0.2) is 0 Å². The highest BCUT2D eigenvalue weighted by Gasteiger charge is 1.92. The molecule has 2 rings (SSSR count). The topological polar surface area (TPSA) is 27.8 Å². The van der Waals surface area contributed by atoms with E-state index in [1.807, 2.05) is 30.5 Å². The Balaban J connectivity index is 1.79. The first-order valence-electron chi connectivity index (χ1n) is 4.86. The fourth-order valence-electron chi connectivity index (χ4n) is 1.42. The lowest BCUT2D eigenvalue weighted by Gasteiger charge is -2.04. The molecule has 0 aliphatic heterocycles. The average molecular weight is 186 g/mol. The van der Waals surface area contributed by atoms with Crippen LogP contribution in [0.5, 0.6) is 0 Å². The Hall–Kier alpha value is -1.70. The average Bonchev–Trinajstić information content (AvgIpc) is 2.72. The smallest absolute Gasteiger partial charge is 0.0340 e. The molecule has 14 heavy (non-hydrogen) atoms. The maximum Gasteiger partial charge on any atom is 0.0340 e. The summed E-state index contributed by atoms with van der Waals surface area (Å²) >= 11 is 0. The van der Waals surface area contributed by atoms with E-state index >= 15 is 0 Å². The number of H-pyrrole nitrogens is 1. The van der Waals surface area contributed by atoms with Crippen LogP contribution < -0.4 is 5.32 Å². The Bertz CT molecular complexity index is 351. The molecule has 0 aliphatic carbocycles. The lowest BCUT2D eigenvalue weighted by atomic mass is 10.3. The first kappa shape index (κ1) is 8.88. The second-order valence-electron chi connectivity index (χ2n) is 3.24. The van der Waals surface area contributed by atoms with Crippen molar-refractivity contribution < 1.29 is 0 Å². The zero-order valence-electron chi connectivity index (χ0n) is 8.03. The summed E-state index contributed by atoms with van der Waals surface area (Å²) in [5.41, 5.74) is 2.45. The Morgan fingerprint density at radius 3 is 2.57 bits per heavy atom. The maximum atomic E-state index is 3.36. The molecule has 0 saturated heterocycles. The molecule has 2 aromatic rings. The molecule has 0 bridgehead atoms. The van der Waals surface area contributed by atoms with Crippen LogP contribution in [0.25, 0.3) is 0 Å². The van der Waals surface area contributed by atoms with Crippen molar-refractivity contribution in [2.75, 3.05) is 11.9 Å². The molecule has 1 aromatic carbocycles. The third-order valence-corrected chi connectivity index (χ3v) is 2.16. The van der Waals surface area contributed by atoms with E-state index in [4.69, 9.17) is 0 Å². The zero-order valence-corrected chi connectivity index (χ0v) is 8.03. The molecule has 2 heteroatoms. The molecule has 0 amide bonds. The van der Waals surface area contributed by atoms with E-state index in [2.05, 4.69) is 28.5 Å². The summed E-state index contributed by atoms with van der Waals surface area (Å²) < 4.78 is 0. The minimum atomic E-state index is 0.963. The second-order valence-corrected chi connectivity index (χ2v) is 3.24. The largest absolute Gasteiger partial charge is 0.385 e. The summed E-state index contributed by atoms with van der Waals surface area (Å²) in [6, 6.07) is 14.4. The molecule has 0 unspecified atom stereocenters. The van der Waals surface area contributed by atoms with Crippen molar-refractivity contribution in [1.29, 1.82) is 0 Å². The number of benzene rings is 1. The minimum absolute atomic E-state index is 0.963. The molecule has 0 aliphatic rings. The van der Waals surface area contributed by atoms with Crippen molar-refractivity contribution >= 4 is 5.69 Å². The number of anilines is 1. The van der Waals surface area contributed by atoms with E-state index in [9.17, 15) is 0 Å². The standard InChI is InChI=1S/C12H14N2/c1-2-5-11(6-3-1)14-10-8-12-7-4-9-13-12/h1-7,9,13-14H,8,10H2. The van der Waals surface area contributed by atoms with Gasteiger partial charge in [0.1, 0.15) is 0 Å². The predicted molar refractivity (Wildman–Crippen MR) is 59.4 cm³/mol. The molecule has 2 N–H and O–H groups in total. The van der Waals surface area contributed by atoms with Crippen molar-refractivity contribution in [3.05, 3.63) is 54.4 Å². The van der Waals surface area contributed by atoms with Crippen LogP contribution in [0.3, 0.4) is 0 Å². The molecule has 0 saturated carbocycles. The highest BCUT2D eigenvalue weighted by atomic mass is 14.9. The van der Waals surface area contributed by atoms with Crippen molar-refractivity contribution in [2.24, 2.45) is 0 Å². The number of para-hydroxylation sites is 1. The van der Waals surface area contributed by atoms with Crippen molar-refractivity contribution in [3.63, 3.8) is 0 Å². The second kappa shape index (κ2) is 4.51. The van der Waals surface area contributed by atoms with E-state index in [-0.39, 0.29) is 0 Å². The van der Waals surface area contributed by atoms with Gasteiger partial charge in [-0.15, -0.1) is 0 Å². The van der Waals surface area contributed by atoms with Gasteiger partial charge in [0.15, 0.2) is 0 Å². The number of hydrogen-bond acceptors (Lipinski definition) is 1. The Morgan fingerprint density at radius 2 is 1.86 bits per heavy atom. The summed E-state index contributed by atoms with van der Waals surface area (Å²) in [5, 5.41) is 3.36. The Morgan fingerprint density at radius 1 is 1.00 bits per heavy atom. The molecule has 0 radical (unpaired) electrons. The van der Waals surface area contributed by atoms with Crippen LogP contribution >= 0.6 is 0 Å². The van der Waals surface area contributed by atoms with Gasteiger partial charge < -0.3 is 10.3 Å². The van der Waals surface area contributed by atoms with E-state index in [0.717, 1.165) is 13.0 Å². The van der Waals surface area contributed by atoms with E-state index in [1.165, 1.54) is 11.4 Å². The van der Waals surface area contributed by atoms with Crippen molar-refractivity contribution in [2.45, 2.75) is 6.42 Å². The normalized spacial score (nSPS) is 10.0. The molecule has 72 valence electrons. The Labute approximate surface area is 84.0 Å². The number of aromatic nitrogens is 1. The number of rotatable bonds is 4. The highest BCUT2D eigenvalue weighted by Crippen LogP contribution is 2.05. The van der Waals surface area contributed by atoms with Gasteiger partial charge in [0.05, 0.1) is 0 Å². The highest BCUT2D eigenvalue weighted by molar-refractivity contribution is 5.42. The molecular weight excluding hydrogens is 172 g/mol. The van der Waals surface area contributed by atoms with Gasteiger partial charge in [0, 0.05) is 30.5 Å². The summed E-state index contributed by atoms with van der Waals surface area (Å²) in [4.78, 5) is 3.18. The van der Waals surface area contributed by atoms with Gasteiger partial charge in [-0.3, -0.25) is 0 Å². The quantitative estimate of drug-likeness (QED) is 0.754. The van der Waals surface area contributed by atoms with Crippen LogP contribution in [-0.2, 0) is 6.42 Å². The van der Waals surface area contributed by atoms with Gasteiger partial charge in [-0.1, -0.05) is 18.2 Å². The van der Waals surface area contributed by atoms with Crippen LogP contribution in [0.4, 0.5) is 5.69 Å². The molecule has 0 fully saturated rings. The maximum absolute atomic E-state index is 3.36. The monoisotopic (exact) mass is 186 g/mol. The van der Waals surface area contributed by atoms with Gasteiger partial charge in [0.2, 0.25) is 0 Å². The minimum Gasteiger partial charge on any atom is -0.385 e. The van der Waals surface area contributed by atoms with Crippen molar-refractivity contribution in [3.8, 4) is 0 Å². The van der Waals surface area contributed by atoms with Crippen LogP contribution in [0.2, 0.25) is 0 Å². The van der Waals surface area contributed by atoms with E-state index in [0.29, 0.717) is 0 Å². The van der Waals surface area contributed by atoms with Gasteiger partial charge in [-0.05, 0) is 24.3 Å². The third-order valence-electron chi connectivity index (χ3n) is 2.16. The number of aromatic amines is 1. The first-order valence-corrected chi connectivity index (χ1v) is 4.86.